The Morgan fingerprint density at radius 3 is 2.70 bits per heavy atom. The van der Waals surface area contributed by atoms with Crippen molar-refractivity contribution in [2.75, 3.05) is 12.8 Å². The fraction of sp³-hybridized carbons (Fsp3) is 0.667. The number of nitrogens with two attached hydrogens (primary N) is 1. The van der Waals surface area contributed by atoms with E-state index < -0.39 is 0 Å². The lowest BCUT2D eigenvalue weighted by Crippen LogP contribution is -2.22. The molecular weight excluding hydrogens is 148 g/mol. The maximum Gasteiger partial charge on any atom is 0.221 e. The number of amides is 1. The third kappa shape index (κ3) is 4.38. The molecule has 0 aromatic carbocycles. The zero-order valence-electron chi connectivity index (χ0n) is 6.33. The van der Waals surface area contributed by atoms with Crippen molar-refractivity contribution in [2.45, 2.75) is 6.92 Å². The average Bonchev–Trinajstić information content (AvgIpc) is 1.82. The second-order valence-corrected chi connectivity index (χ2v) is 3.44. The van der Waals surface area contributed by atoms with E-state index >= 15 is 0 Å². The summed E-state index contributed by atoms with van der Waals surface area (Å²) in [7, 11) is 1.83. The summed E-state index contributed by atoms with van der Waals surface area (Å²) < 4.78 is 1.71. The smallest absolute Gasteiger partial charge is 0.221 e. The highest BCUT2D eigenvalue weighted by atomic mass is 32.2. The van der Waals surface area contributed by atoms with Gasteiger partial charge in [0.25, 0.3) is 0 Å². The number of hydrogen-bond acceptors (Lipinski definition) is 2. The largest absolute Gasteiger partial charge is 0.369 e. The van der Waals surface area contributed by atoms with Crippen LogP contribution in [0, 0.1) is 5.92 Å². The molecule has 1 atom stereocenters. The van der Waals surface area contributed by atoms with Gasteiger partial charge in [0.1, 0.15) is 13.8 Å². The number of carbonyl (C=O) groups is 1. The van der Waals surface area contributed by atoms with Gasteiger partial charge in [-0.15, -0.1) is 0 Å². The van der Waals surface area contributed by atoms with Crippen molar-refractivity contribution in [3.63, 3.8) is 0 Å². The van der Waals surface area contributed by atoms with Crippen molar-refractivity contribution in [3.8, 4) is 0 Å². The van der Waals surface area contributed by atoms with Crippen LogP contribution in [0.4, 0.5) is 0 Å². The summed E-state index contributed by atoms with van der Waals surface area (Å²) in [6.45, 7) is 5.42. The van der Waals surface area contributed by atoms with Crippen LogP contribution in [0.15, 0.2) is 0 Å². The van der Waals surface area contributed by atoms with Crippen LogP contribution in [0.25, 0.3) is 0 Å². The van der Waals surface area contributed by atoms with Gasteiger partial charge in [0, 0.05) is 5.92 Å². The van der Waals surface area contributed by atoms with Crippen LogP contribution in [-0.2, 0) is 4.79 Å². The third-order valence-corrected chi connectivity index (χ3v) is 2.12. The Morgan fingerprint density at radius 2 is 2.40 bits per heavy atom. The van der Waals surface area contributed by atoms with Crippen LogP contribution in [0.2, 0.25) is 0 Å². The monoisotopic (exact) mass is 161 g/mol. The molecule has 1 unspecified atom stereocenters. The number of nitrogens with zero attached hydrogens (tertiary/aromatic N) is 1. The van der Waals surface area contributed by atoms with Crippen LogP contribution < -0.4 is 5.73 Å². The van der Waals surface area contributed by atoms with E-state index in [1.807, 2.05) is 7.05 Å². The first-order valence-electron chi connectivity index (χ1n) is 3.00. The molecule has 1 amide bonds. The summed E-state index contributed by atoms with van der Waals surface area (Å²) in [6.07, 6.45) is 0. The van der Waals surface area contributed by atoms with Crippen molar-refractivity contribution in [1.29, 1.82) is 0 Å². The van der Waals surface area contributed by atoms with Gasteiger partial charge in [-0.25, -0.2) is 0 Å². The predicted molar refractivity (Wildman–Crippen MR) is 44.1 cm³/mol. The van der Waals surface area contributed by atoms with Crippen molar-refractivity contribution in [3.05, 3.63) is 0 Å². The lowest BCUT2D eigenvalue weighted by molar-refractivity contribution is -0.295. The molecule has 0 heterocycles. The summed E-state index contributed by atoms with van der Waals surface area (Å²) in [6, 6.07) is 0. The van der Waals surface area contributed by atoms with Crippen molar-refractivity contribution < 1.29 is 8.78 Å². The first-order valence-corrected chi connectivity index (χ1v) is 3.94. The SMILES string of the molecule is C=[N+](C)SCC(C)C(N)=O. The van der Waals surface area contributed by atoms with E-state index in [2.05, 4.69) is 6.72 Å². The Morgan fingerprint density at radius 1 is 1.90 bits per heavy atom. The molecule has 0 saturated carbocycles. The molecule has 4 heteroatoms. The number of carbonyl (C=O) groups excluding carboxylic acids is 1. The fourth-order valence-corrected chi connectivity index (χ4v) is 0.964. The standard InChI is InChI=1S/C6H12N2OS/c1-5(6(7)9)4-10-8(2)3/h5H,2,4H2,1,3H3,(H-,7,9)/p+1. The molecule has 0 aromatic rings. The Labute approximate surface area is 65.4 Å². The lowest BCUT2D eigenvalue weighted by atomic mass is 10.2. The highest BCUT2D eigenvalue weighted by Gasteiger charge is 2.11. The normalized spacial score (nSPS) is 12.6. The number of hydrogen-bond donors (Lipinski definition) is 1. The molecule has 0 spiro atoms. The zero-order chi connectivity index (χ0) is 8.15. The first kappa shape index (κ1) is 9.49. The highest BCUT2D eigenvalue weighted by Crippen LogP contribution is 2.05. The van der Waals surface area contributed by atoms with E-state index in [1.54, 1.807) is 10.9 Å². The van der Waals surface area contributed by atoms with E-state index in [1.165, 1.54) is 11.9 Å². The van der Waals surface area contributed by atoms with Crippen molar-refractivity contribution >= 4 is 24.6 Å². The maximum atomic E-state index is 10.5. The summed E-state index contributed by atoms with van der Waals surface area (Å²) in [5.74, 6) is 0.374. The average molecular weight is 161 g/mol. The molecule has 0 rings (SSSR count). The zero-order valence-corrected chi connectivity index (χ0v) is 7.15. The molecule has 0 aliphatic carbocycles. The molecular formula is C6H13N2OS+. The van der Waals surface area contributed by atoms with Crippen LogP contribution in [0.1, 0.15) is 6.92 Å². The molecule has 0 aliphatic rings. The minimum atomic E-state index is -0.255. The molecule has 0 aromatic heterocycles. The minimum Gasteiger partial charge on any atom is -0.369 e. The third-order valence-electron chi connectivity index (χ3n) is 1.03. The van der Waals surface area contributed by atoms with Gasteiger partial charge in [-0.05, 0) is 0 Å². The van der Waals surface area contributed by atoms with Gasteiger partial charge in [-0.2, -0.15) is 3.98 Å². The van der Waals surface area contributed by atoms with E-state index in [-0.39, 0.29) is 11.8 Å². The topological polar surface area (TPSA) is 46.1 Å². The predicted octanol–water partition coefficient (Wildman–Crippen LogP) is 0.0989. The van der Waals surface area contributed by atoms with Crippen LogP contribution in [-0.4, -0.2) is 29.4 Å². The van der Waals surface area contributed by atoms with Gasteiger partial charge in [-0.3, -0.25) is 4.79 Å². The highest BCUT2D eigenvalue weighted by molar-refractivity contribution is 7.93. The van der Waals surface area contributed by atoms with Gasteiger partial charge in [0.2, 0.25) is 5.91 Å². The maximum absolute atomic E-state index is 10.5. The molecule has 3 nitrogen and oxygen atoms in total. The second kappa shape index (κ2) is 4.33. The van der Waals surface area contributed by atoms with Crippen LogP contribution in [0.3, 0.4) is 0 Å². The van der Waals surface area contributed by atoms with Gasteiger partial charge in [0.15, 0.2) is 11.9 Å². The van der Waals surface area contributed by atoms with Crippen molar-refractivity contribution in [2.24, 2.45) is 11.7 Å². The lowest BCUT2D eigenvalue weighted by Gasteiger charge is -2.00. The van der Waals surface area contributed by atoms with E-state index in [9.17, 15) is 4.79 Å². The molecule has 0 fully saturated rings. The van der Waals surface area contributed by atoms with E-state index in [0.717, 1.165) is 0 Å². The fourth-order valence-electron chi connectivity index (χ4n) is 0.321. The van der Waals surface area contributed by atoms with Crippen LogP contribution in [0.5, 0.6) is 0 Å². The Balaban J connectivity index is 3.49. The molecule has 0 aliphatic heterocycles. The first-order chi connectivity index (χ1) is 4.54. The molecule has 0 bridgehead atoms. The summed E-state index contributed by atoms with van der Waals surface area (Å²) in [4.78, 5) is 10.5. The Bertz CT molecular complexity index is 147. The van der Waals surface area contributed by atoms with Gasteiger partial charge in [0.05, 0.1) is 5.75 Å². The van der Waals surface area contributed by atoms with Gasteiger partial charge in [-0.1, -0.05) is 6.92 Å². The number of primary amides is 1. The van der Waals surface area contributed by atoms with Crippen LogP contribution >= 0.6 is 11.9 Å². The Hall–Kier alpha value is -0.510. The summed E-state index contributed by atoms with van der Waals surface area (Å²) in [5, 5.41) is 0. The number of rotatable bonds is 4. The molecule has 0 radical (unpaired) electrons. The molecule has 2 N–H and O–H groups in total. The molecule has 58 valence electrons. The van der Waals surface area contributed by atoms with E-state index in [0.29, 0.717) is 5.75 Å². The quantitative estimate of drug-likeness (QED) is 0.361. The summed E-state index contributed by atoms with van der Waals surface area (Å²) >= 11 is 1.49. The second-order valence-electron chi connectivity index (χ2n) is 2.23. The van der Waals surface area contributed by atoms with Crippen molar-refractivity contribution in [1.82, 2.24) is 0 Å². The summed E-state index contributed by atoms with van der Waals surface area (Å²) in [5.41, 5.74) is 5.03. The van der Waals surface area contributed by atoms with E-state index in [4.69, 9.17) is 5.73 Å². The van der Waals surface area contributed by atoms with Gasteiger partial charge >= 0.3 is 0 Å². The Kier molecular flexibility index (Phi) is 4.11. The van der Waals surface area contributed by atoms with Gasteiger partial charge < -0.3 is 5.73 Å². The minimum absolute atomic E-state index is 0.0748. The molecule has 10 heavy (non-hydrogen) atoms. The molecule has 0 saturated heterocycles.